The maximum absolute atomic E-state index is 11.8. The van der Waals surface area contributed by atoms with Crippen LogP contribution in [0.25, 0.3) is 0 Å². The van der Waals surface area contributed by atoms with Crippen molar-refractivity contribution in [1.29, 1.82) is 5.26 Å². The van der Waals surface area contributed by atoms with E-state index in [4.69, 9.17) is 5.26 Å². The SMILES string of the molecule is C[C@H](C#N)[C@H](CC(=O)N(C)C)c1ccc(Br)cc1. The van der Waals surface area contributed by atoms with Gasteiger partial charge in [-0.2, -0.15) is 5.26 Å². The number of amides is 1. The van der Waals surface area contributed by atoms with Gasteiger partial charge < -0.3 is 4.90 Å². The minimum Gasteiger partial charge on any atom is -0.349 e. The van der Waals surface area contributed by atoms with Crippen LogP contribution >= 0.6 is 15.9 Å². The highest BCUT2D eigenvalue weighted by Gasteiger charge is 2.23. The third-order valence-corrected chi connectivity index (χ3v) is 3.53. The van der Waals surface area contributed by atoms with Crippen molar-refractivity contribution < 1.29 is 4.79 Å². The van der Waals surface area contributed by atoms with Crippen LogP contribution in [-0.4, -0.2) is 24.9 Å². The van der Waals surface area contributed by atoms with Crippen LogP contribution < -0.4 is 0 Å². The van der Waals surface area contributed by atoms with Gasteiger partial charge in [-0.25, -0.2) is 0 Å². The summed E-state index contributed by atoms with van der Waals surface area (Å²) < 4.78 is 0.994. The van der Waals surface area contributed by atoms with E-state index in [9.17, 15) is 4.79 Å². The van der Waals surface area contributed by atoms with Crippen LogP contribution in [0.1, 0.15) is 24.8 Å². The lowest BCUT2D eigenvalue weighted by molar-refractivity contribution is -0.129. The number of nitriles is 1. The zero-order valence-electron chi connectivity index (χ0n) is 10.9. The van der Waals surface area contributed by atoms with E-state index in [0.717, 1.165) is 10.0 Å². The number of carbonyl (C=O) groups is 1. The normalized spacial score (nSPS) is 13.5. The summed E-state index contributed by atoms with van der Waals surface area (Å²) in [5.41, 5.74) is 1.03. The molecule has 0 saturated heterocycles. The minimum atomic E-state index is -0.185. The average Bonchev–Trinajstić information content (AvgIpc) is 2.35. The molecule has 0 aromatic heterocycles. The quantitative estimate of drug-likeness (QED) is 0.857. The van der Waals surface area contributed by atoms with Crippen LogP contribution in [0.5, 0.6) is 0 Å². The standard InChI is InChI=1S/C14H17BrN2O/c1-10(9-16)13(8-14(18)17(2)3)11-4-6-12(15)7-5-11/h4-7,10,13H,8H2,1-3H3/t10-,13+/m1/s1. The number of benzene rings is 1. The molecule has 96 valence electrons. The summed E-state index contributed by atoms with van der Waals surface area (Å²) in [6, 6.07) is 10.0. The third-order valence-electron chi connectivity index (χ3n) is 3.00. The van der Waals surface area contributed by atoms with Gasteiger partial charge in [-0.1, -0.05) is 28.1 Å². The van der Waals surface area contributed by atoms with E-state index in [0.29, 0.717) is 6.42 Å². The predicted octanol–water partition coefficient (Wildman–Crippen LogP) is 3.17. The van der Waals surface area contributed by atoms with E-state index in [1.165, 1.54) is 0 Å². The Kier molecular flexibility index (Phi) is 5.36. The van der Waals surface area contributed by atoms with Gasteiger partial charge in [-0.15, -0.1) is 0 Å². The van der Waals surface area contributed by atoms with Gasteiger partial charge in [-0.05, 0) is 24.6 Å². The molecule has 0 heterocycles. The highest BCUT2D eigenvalue weighted by atomic mass is 79.9. The molecule has 0 fully saturated rings. The molecule has 0 spiro atoms. The van der Waals surface area contributed by atoms with Crippen molar-refractivity contribution in [1.82, 2.24) is 4.90 Å². The fraction of sp³-hybridized carbons (Fsp3) is 0.429. The van der Waals surface area contributed by atoms with Gasteiger partial charge in [0.25, 0.3) is 0 Å². The lowest BCUT2D eigenvalue weighted by Crippen LogP contribution is -2.25. The first kappa shape index (κ1) is 14.7. The van der Waals surface area contributed by atoms with Crippen molar-refractivity contribution in [3.8, 4) is 6.07 Å². The van der Waals surface area contributed by atoms with Crippen molar-refractivity contribution in [2.45, 2.75) is 19.3 Å². The van der Waals surface area contributed by atoms with Gasteiger partial charge in [0.1, 0.15) is 0 Å². The first-order chi connectivity index (χ1) is 8.45. The van der Waals surface area contributed by atoms with Crippen molar-refractivity contribution in [2.24, 2.45) is 5.92 Å². The summed E-state index contributed by atoms with van der Waals surface area (Å²) in [5.74, 6) is -0.196. The monoisotopic (exact) mass is 308 g/mol. The maximum Gasteiger partial charge on any atom is 0.222 e. The van der Waals surface area contributed by atoms with E-state index in [2.05, 4.69) is 22.0 Å². The van der Waals surface area contributed by atoms with Crippen LogP contribution in [0.3, 0.4) is 0 Å². The van der Waals surface area contributed by atoms with Crippen LogP contribution in [0.15, 0.2) is 28.7 Å². The third kappa shape index (κ3) is 3.85. The molecule has 0 radical (unpaired) electrons. The van der Waals surface area contributed by atoms with Crippen LogP contribution in [-0.2, 0) is 4.79 Å². The van der Waals surface area contributed by atoms with E-state index in [1.54, 1.807) is 19.0 Å². The molecule has 0 aliphatic rings. The molecule has 1 aromatic carbocycles. The van der Waals surface area contributed by atoms with Crippen molar-refractivity contribution in [3.05, 3.63) is 34.3 Å². The lowest BCUT2D eigenvalue weighted by Gasteiger charge is -2.21. The number of nitrogens with zero attached hydrogens (tertiary/aromatic N) is 2. The fourth-order valence-electron chi connectivity index (χ4n) is 1.75. The molecule has 1 rings (SSSR count). The molecular formula is C14H17BrN2O. The van der Waals surface area contributed by atoms with Gasteiger partial charge in [0.05, 0.1) is 12.0 Å². The number of rotatable bonds is 4. The summed E-state index contributed by atoms with van der Waals surface area (Å²) in [7, 11) is 3.47. The highest BCUT2D eigenvalue weighted by Crippen LogP contribution is 2.29. The Bertz CT molecular complexity index is 448. The Balaban J connectivity index is 2.96. The van der Waals surface area contributed by atoms with Gasteiger partial charge in [-0.3, -0.25) is 4.79 Å². The van der Waals surface area contributed by atoms with Crippen LogP contribution in [0, 0.1) is 17.2 Å². The van der Waals surface area contributed by atoms with Crippen molar-refractivity contribution in [3.63, 3.8) is 0 Å². The lowest BCUT2D eigenvalue weighted by atomic mass is 9.85. The van der Waals surface area contributed by atoms with Crippen molar-refractivity contribution >= 4 is 21.8 Å². The maximum atomic E-state index is 11.8. The van der Waals surface area contributed by atoms with E-state index < -0.39 is 0 Å². The predicted molar refractivity (Wildman–Crippen MR) is 75.0 cm³/mol. The molecule has 2 atom stereocenters. The molecular weight excluding hydrogens is 292 g/mol. The fourth-order valence-corrected chi connectivity index (χ4v) is 2.02. The van der Waals surface area contributed by atoms with Crippen LogP contribution in [0.4, 0.5) is 0 Å². The molecule has 18 heavy (non-hydrogen) atoms. The number of carbonyl (C=O) groups excluding carboxylic acids is 1. The van der Waals surface area contributed by atoms with E-state index in [1.807, 2.05) is 31.2 Å². The number of hydrogen-bond donors (Lipinski definition) is 0. The Hall–Kier alpha value is -1.34. The molecule has 0 aliphatic carbocycles. The summed E-state index contributed by atoms with van der Waals surface area (Å²) in [5, 5.41) is 9.09. The molecule has 0 saturated carbocycles. The number of hydrogen-bond acceptors (Lipinski definition) is 2. The minimum absolute atomic E-state index is 0.0463. The molecule has 4 heteroatoms. The molecule has 0 aliphatic heterocycles. The first-order valence-corrected chi connectivity index (χ1v) is 6.60. The highest BCUT2D eigenvalue weighted by molar-refractivity contribution is 9.10. The topological polar surface area (TPSA) is 44.1 Å². The summed E-state index contributed by atoms with van der Waals surface area (Å²) in [6.45, 7) is 1.86. The van der Waals surface area contributed by atoms with Gasteiger partial charge >= 0.3 is 0 Å². The van der Waals surface area contributed by atoms with E-state index >= 15 is 0 Å². The summed E-state index contributed by atoms with van der Waals surface area (Å²) in [6.07, 6.45) is 0.364. The second-order valence-electron chi connectivity index (χ2n) is 4.57. The second-order valence-corrected chi connectivity index (χ2v) is 5.48. The molecule has 1 aromatic rings. The van der Waals surface area contributed by atoms with Gasteiger partial charge in [0.15, 0.2) is 0 Å². The summed E-state index contributed by atoms with van der Waals surface area (Å²) >= 11 is 3.38. The largest absolute Gasteiger partial charge is 0.349 e. The zero-order chi connectivity index (χ0) is 13.7. The second kappa shape index (κ2) is 6.55. The van der Waals surface area contributed by atoms with Crippen LogP contribution in [0.2, 0.25) is 0 Å². The first-order valence-electron chi connectivity index (χ1n) is 5.81. The smallest absolute Gasteiger partial charge is 0.222 e. The molecule has 0 unspecified atom stereocenters. The van der Waals surface area contributed by atoms with Gasteiger partial charge in [0.2, 0.25) is 5.91 Å². The zero-order valence-corrected chi connectivity index (χ0v) is 12.4. The number of halogens is 1. The Morgan fingerprint density at radius 1 is 1.39 bits per heavy atom. The molecule has 1 amide bonds. The molecule has 0 N–H and O–H groups in total. The van der Waals surface area contributed by atoms with Gasteiger partial charge in [0, 0.05) is 30.9 Å². The Labute approximate surface area is 117 Å². The summed E-state index contributed by atoms with van der Waals surface area (Å²) in [4.78, 5) is 13.4. The molecule has 3 nitrogen and oxygen atoms in total. The Morgan fingerprint density at radius 3 is 2.39 bits per heavy atom. The van der Waals surface area contributed by atoms with E-state index in [-0.39, 0.29) is 17.7 Å². The van der Waals surface area contributed by atoms with Crippen molar-refractivity contribution in [2.75, 3.05) is 14.1 Å². The molecule has 0 bridgehead atoms. The average molecular weight is 309 g/mol. The Morgan fingerprint density at radius 2 is 1.94 bits per heavy atom.